The maximum atomic E-state index is 12.1. The monoisotopic (exact) mass is 248 g/mol. The largest absolute Gasteiger partial charge is 0.364 e. The quantitative estimate of drug-likeness (QED) is 0.856. The minimum absolute atomic E-state index is 0.0272. The summed E-state index contributed by atoms with van der Waals surface area (Å²) in [6.45, 7) is 4.51. The van der Waals surface area contributed by atoms with Gasteiger partial charge in [-0.1, -0.05) is 12.1 Å². The Morgan fingerprint density at radius 2 is 2.22 bits per heavy atom. The summed E-state index contributed by atoms with van der Waals surface area (Å²) >= 11 is 0. The Morgan fingerprint density at radius 1 is 1.44 bits per heavy atom. The molecular formula is C14H20N2O2. The number of ether oxygens (including phenoxy) is 1. The zero-order valence-corrected chi connectivity index (χ0v) is 10.9. The van der Waals surface area contributed by atoms with Crippen molar-refractivity contribution in [3.63, 3.8) is 0 Å². The van der Waals surface area contributed by atoms with Crippen molar-refractivity contribution in [1.29, 1.82) is 0 Å². The molecule has 1 aromatic rings. The van der Waals surface area contributed by atoms with Gasteiger partial charge in [-0.25, -0.2) is 0 Å². The molecule has 0 radical (unpaired) electrons. The van der Waals surface area contributed by atoms with Crippen LogP contribution in [0.5, 0.6) is 0 Å². The van der Waals surface area contributed by atoms with Crippen LogP contribution in [0.4, 0.5) is 5.69 Å². The Balaban J connectivity index is 2.01. The molecule has 1 fully saturated rings. The Hall–Kier alpha value is -1.39. The fraction of sp³-hybridized carbons (Fsp3) is 0.500. The van der Waals surface area contributed by atoms with Gasteiger partial charge in [0.05, 0.1) is 6.10 Å². The van der Waals surface area contributed by atoms with Gasteiger partial charge in [-0.05, 0) is 43.9 Å². The number of hydrogen-bond donors (Lipinski definition) is 2. The van der Waals surface area contributed by atoms with E-state index in [0.717, 1.165) is 24.1 Å². The molecule has 4 nitrogen and oxygen atoms in total. The maximum absolute atomic E-state index is 12.1. The van der Waals surface area contributed by atoms with Crippen molar-refractivity contribution in [2.45, 2.75) is 38.9 Å². The molecule has 0 bridgehead atoms. The van der Waals surface area contributed by atoms with Crippen LogP contribution in [0.1, 0.15) is 24.0 Å². The lowest BCUT2D eigenvalue weighted by atomic mass is 10.1. The highest BCUT2D eigenvalue weighted by atomic mass is 16.5. The fourth-order valence-electron chi connectivity index (χ4n) is 2.17. The molecule has 3 N–H and O–H groups in total. The van der Waals surface area contributed by atoms with Gasteiger partial charge in [0.2, 0.25) is 0 Å². The molecule has 1 amide bonds. The van der Waals surface area contributed by atoms with Crippen molar-refractivity contribution in [1.82, 2.24) is 0 Å². The van der Waals surface area contributed by atoms with Crippen LogP contribution >= 0.6 is 0 Å². The van der Waals surface area contributed by atoms with Crippen LogP contribution in [-0.2, 0) is 9.53 Å². The van der Waals surface area contributed by atoms with Gasteiger partial charge >= 0.3 is 0 Å². The molecular weight excluding hydrogens is 228 g/mol. The van der Waals surface area contributed by atoms with Crippen LogP contribution < -0.4 is 11.1 Å². The summed E-state index contributed by atoms with van der Waals surface area (Å²) < 4.78 is 5.58. The van der Waals surface area contributed by atoms with Gasteiger partial charge in [-0.3, -0.25) is 4.79 Å². The predicted octanol–water partition coefficient (Wildman–Crippen LogP) is 1.75. The second kappa shape index (κ2) is 5.50. The van der Waals surface area contributed by atoms with E-state index in [1.807, 2.05) is 32.0 Å². The van der Waals surface area contributed by atoms with E-state index >= 15 is 0 Å². The summed E-state index contributed by atoms with van der Waals surface area (Å²) in [7, 11) is 0. The van der Waals surface area contributed by atoms with Gasteiger partial charge in [-0.2, -0.15) is 0 Å². The van der Waals surface area contributed by atoms with Crippen molar-refractivity contribution >= 4 is 11.6 Å². The topological polar surface area (TPSA) is 64.4 Å². The number of carbonyl (C=O) groups excluding carboxylic acids is 1. The number of nitrogens with two attached hydrogens (primary N) is 1. The van der Waals surface area contributed by atoms with E-state index in [9.17, 15) is 4.79 Å². The van der Waals surface area contributed by atoms with Gasteiger partial charge in [0.25, 0.3) is 5.91 Å². The first-order chi connectivity index (χ1) is 8.61. The van der Waals surface area contributed by atoms with Gasteiger partial charge in [-0.15, -0.1) is 0 Å². The lowest BCUT2D eigenvalue weighted by molar-refractivity contribution is -0.126. The Kier molecular flexibility index (Phi) is 3.99. The molecule has 1 aliphatic heterocycles. The first kappa shape index (κ1) is 13.1. The number of nitrogens with one attached hydrogen (secondary N) is 1. The summed E-state index contributed by atoms with van der Waals surface area (Å²) in [5.41, 5.74) is 8.66. The number of carbonyl (C=O) groups is 1. The summed E-state index contributed by atoms with van der Waals surface area (Å²) in [6.07, 6.45) is 1.28. The zero-order chi connectivity index (χ0) is 13.1. The van der Waals surface area contributed by atoms with Crippen molar-refractivity contribution in [3.05, 3.63) is 29.3 Å². The van der Waals surface area contributed by atoms with E-state index in [-0.39, 0.29) is 18.1 Å². The van der Waals surface area contributed by atoms with Crippen molar-refractivity contribution in [3.8, 4) is 0 Å². The van der Waals surface area contributed by atoms with Gasteiger partial charge in [0.15, 0.2) is 0 Å². The minimum atomic E-state index is -0.363. The second-order valence-electron chi connectivity index (χ2n) is 4.80. The number of aryl methyl sites for hydroxylation is 1. The fourth-order valence-corrected chi connectivity index (χ4v) is 2.17. The number of rotatable bonds is 3. The standard InChI is InChI=1S/C14H20N2O2/c1-9-4-3-5-12(10(9)2)16-14(17)13-7-6-11(8-15)18-13/h3-5,11,13H,6-8,15H2,1-2H3,(H,16,17). The highest BCUT2D eigenvalue weighted by molar-refractivity contribution is 5.95. The Morgan fingerprint density at radius 3 is 2.89 bits per heavy atom. The molecule has 0 aliphatic carbocycles. The summed E-state index contributed by atoms with van der Waals surface area (Å²) in [4.78, 5) is 12.1. The van der Waals surface area contributed by atoms with Crippen LogP contribution in [0.3, 0.4) is 0 Å². The van der Waals surface area contributed by atoms with E-state index in [0.29, 0.717) is 6.54 Å². The summed E-state index contributed by atoms with van der Waals surface area (Å²) in [5.74, 6) is -0.0698. The molecule has 18 heavy (non-hydrogen) atoms. The van der Waals surface area contributed by atoms with Crippen LogP contribution in [0.2, 0.25) is 0 Å². The molecule has 1 aliphatic rings. The van der Waals surface area contributed by atoms with Crippen LogP contribution in [0.25, 0.3) is 0 Å². The SMILES string of the molecule is Cc1cccc(NC(=O)C2CCC(CN)O2)c1C. The number of hydrogen-bond acceptors (Lipinski definition) is 3. The van der Waals surface area contributed by atoms with Crippen LogP contribution in [0.15, 0.2) is 18.2 Å². The first-order valence-corrected chi connectivity index (χ1v) is 6.34. The lowest BCUT2D eigenvalue weighted by Crippen LogP contribution is -2.30. The van der Waals surface area contributed by atoms with E-state index in [1.165, 1.54) is 5.56 Å². The van der Waals surface area contributed by atoms with Crippen molar-refractivity contribution in [2.24, 2.45) is 5.73 Å². The number of anilines is 1. The molecule has 1 aromatic carbocycles. The van der Waals surface area contributed by atoms with Crippen LogP contribution in [-0.4, -0.2) is 24.7 Å². The molecule has 4 heteroatoms. The summed E-state index contributed by atoms with van der Waals surface area (Å²) in [5, 5.41) is 2.93. The summed E-state index contributed by atoms with van der Waals surface area (Å²) in [6, 6.07) is 5.88. The van der Waals surface area contributed by atoms with Gasteiger partial charge in [0.1, 0.15) is 6.10 Å². The average Bonchev–Trinajstić information content (AvgIpc) is 2.83. The molecule has 2 rings (SSSR count). The van der Waals surface area contributed by atoms with Crippen LogP contribution in [0, 0.1) is 13.8 Å². The second-order valence-corrected chi connectivity index (χ2v) is 4.80. The number of amides is 1. The smallest absolute Gasteiger partial charge is 0.253 e. The highest BCUT2D eigenvalue weighted by Crippen LogP contribution is 2.22. The average molecular weight is 248 g/mol. The third-order valence-electron chi connectivity index (χ3n) is 3.53. The molecule has 0 aromatic heterocycles. The van der Waals surface area contributed by atoms with E-state index in [2.05, 4.69) is 5.32 Å². The first-order valence-electron chi connectivity index (χ1n) is 6.34. The van der Waals surface area contributed by atoms with E-state index in [1.54, 1.807) is 0 Å². The molecule has 2 atom stereocenters. The van der Waals surface area contributed by atoms with Crippen molar-refractivity contribution in [2.75, 3.05) is 11.9 Å². The molecule has 0 spiro atoms. The Bertz CT molecular complexity index is 445. The molecule has 1 saturated heterocycles. The maximum Gasteiger partial charge on any atom is 0.253 e. The number of benzene rings is 1. The van der Waals surface area contributed by atoms with E-state index in [4.69, 9.17) is 10.5 Å². The van der Waals surface area contributed by atoms with Gasteiger partial charge in [0, 0.05) is 12.2 Å². The molecule has 0 saturated carbocycles. The van der Waals surface area contributed by atoms with Crippen molar-refractivity contribution < 1.29 is 9.53 Å². The molecule has 1 heterocycles. The third-order valence-corrected chi connectivity index (χ3v) is 3.53. The van der Waals surface area contributed by atoms with E-state index < -0.39 is 0 Å². The lowest BCUT2D eigenvalue weighted by Gasteiger charge is -2.14. The zero-order valence-electron chi connectivity index (χ0n) is 10.9. The Labute approximate surface area is 108 Å². The van der Waals surface area contributed by atoms with Gasteiger partial charge < -0.3 is 15.8 Å². The highest BCUT2D eigenvalue weighted by Gasteiger charge is 2.29. The third kappa shape index (κ3) is 2.71. The molecule has 2 unspecified atom stereocenters. The normalized spacial score (nSPS) is 23.1. The predicted molar refractivity (Wildman–Crippen MR) is 71.5 cm³/mol. The molecule has 98 valence electrons. The minimum Gasteiger partial charge on any atom is -0.364 e.